The average molecular weight is 363 g/mol. The lowest BCUT2D eigenvalue weighted by molar-refractivity contribution is 0.0518. The molecule has 4 rings (SSSR count). The SMILES string of the molecule is Cn1nc(-c2ccccc2)cc1C(=O)N1CCCC(Oc2ccncn2)C1. The van der Waals surface area contributed by atoms with Crippen molar-refractivity contribution in [3.05, 3.63) is 60.7 Å². The first kappa shape index (κ1) is 17.2. The molecule has 27 heavy (non-hydrogen) atoms. The van der Waals surface area contributed by atoms with E-state index in [1.165, 1.54) is 6.33 Å². The van der Waals surface area contributed by atoms with Crippen LogP contribution in [-0.4, -0.2) is 49.7 Å². The van der Waals surface area contributed by atoms with E-state index in [9.17, 15) is 4.79 Å². The molecular formula is C20H21N5O2. The van der Waals surface area contributed by atoms with Gasteiger partial charge in [-0.25, -0.2) is 9.97 Å². The van der Waals surface area contributed by atoms with Crippen molar-refractivity contribution in [2.24, 2.45) is 7.05 Å². The first-order valence-corrected chi connectivity index (χ1v) is 9.02. The van der Waals surface area contributed by atoms with Gasteiger partial charge in [-0.2, -0.15) is 5.10 Å². The molecule has 0 aliphatic carbocycles. The summed E-state index contributed by atoms with van der Waals surface area (Å²) < 4.78 is 7.56. The molecule has 1 fully saturated rings. The lowest BCUT2D eigenvalue weighted by atomic mass is 10.1. The van der Waals surface area contributed by atoms with Crippen molar-refractivity contribution in [2.75, 3.05) is 13.1 Å². The van der Waals surface area contributed by atoms with Gasteiger partial charge in [0.15, 0.2) is 0 Å². The number of piperidine rings is 1. The lowest BCUT2D eigenvalue weighted by Crippen LogP contribution is -2.45. The molecule has 1 amide bonds. The van der Waals surface area contributed by atoms with E-state index in [0.29, 0.717) is 24.7 Å². The fourth-order valence-corrected chi connectivity index (χ4v) is 3.32. The predicted octanol–water partition coefficient (Wildman–Crippen LogP) is 2.56. The molecule has 1 aromatic carbocycles. The summed E-state index contributed by atoms with van der Waals surface area (Å²) in [7, 11) is 1.80. The Morgan fingerprint density at radius 3 is 2.85 bits per heavy atom. The number of carbonyl (C=O) groups is 1. The molecule has 3 heterocycles. The molecule has 1 aliphatic heterocycles. The standard InChI is InChI=1S/C20H21N5O2/c1-24-18(12-17(23-24)15-6-3-2-4-7-15)20(26)25-11-5-8-16(13-25)27-19-9-10-21-14-22-19/h2-4,6-7,9-10,12,14,16H,5,8,11,13H2,1H3. The zero-order valence-corrected chi connectivity index (χ0v) is 15.2. The van der Waals surface area contributed by atoms with Crippen molar-refractivity contribution in [1.82, 2.24) is 24.6 Å². The maximum absolute atomic E-state index is 13.0. The van der Waals surface area contributed by atoms with Crippen molar-refractivity contribution in [3.8, 4) is 17.1 Å². The molecule has 7 nitrogen and oxygen atoms in total. The molecule has 0 saturated carbocycles. The fraction of sp³-hybridized carbons (Fsp3) is 0.300. The van der Waals surface area contributed by atoms with E-state index in [4.69, 9.17) is 4.74 Å². The Labute approximate surface area is 157 Å². The van der Waals surface area contributed by atoms with Crippen LogP contribution in [0.15, 0.2) is 55.0 Å². The molecule has 1 atom stereocenters. The second-order valence-corrected chi connectivity index (χ2v) is 6.59. The molecule has 3 aromatic rings. The van der Waals surface area contributed by atoms with Gasteiger partial charge in [0.25, 0.3) is 5.91 Å². The van der Waals surface area contributed by atoms with E-state index in [0.717, 1.165) is 24.1 Å². The smallest absolute Gasteiger partial charge is 0.272 e. The number of amides is 1. The molecule has 0 radical (unpaired) electrons. The van der Waals surface area contributed by atoms with Gasteiger partial charge >= 0.3 is 0 Å². The van der Waals surface area contributed by atoms with Crippen molar-refractivity contribution in [1.29, 1.82) is 0 Å². The number of likely N-dealkylation sites (tertiary alicyclic amines) is 1. The minimum absolute atomic E-state index is 0.0248. The number of nitrogens with zero attached hydrogens (tertiary/aromatic N) is 5. The van der Waals surface area contributed by atoms with Gasteiger partial charge in [-0.15, -0.1) is 0 Å². The van der Waals surface area contributed by atoms with E-state index in [1.807, 2.05) is 41.3 Å². The van der Waals surface area contributed by atoms with E-state index < -0.39 is 0 Å². The number of rotatable bonds is 4. The highest BCUT2D eigenvalue weighted by molar-refractivity contribution is 5.93. The molecule has 1 aliphatic rings. The summed E-state index contributed by atoms with van der Waals surface area (Å²) >= 11 is 0. The third kappa shape index (κ3) is 3.81. The Morgan fingerprint density at radius 1 is 1.22 bits per heavy atom. The molecular weight excluding hydrogens is 342 g/mol. The van der Waals surface area contributed by atoms with Crippen molar-refractivity contribution < 1.29 is 9.53 Å². The summed E-state index contributed by atoms with van der Waals surface area (Å²) in [5.41, 5.74) is 2.37. The summed E-state index contributed by atoms with van der Waals surface area (Å²) in [6, 6.07) is 13.5. The van der Waals surface area contributed by atoms with Crippen LogP contribution in [0.3, 0.4) is 0 Å². The number of carbonyl (C=O) groups excluding carboxylic acids is 1. The van der Waals surface area contributed by atoms with Crippen molar-refractivity contribution in [3.63, 3.8) is 0 Å². The lowest BCUT2D eigenvalue weighted by Gasteiger charge is -2.32. The van der Waals surface area contributed by atoms with Crippen LogP contribution in [0.2, 0.25) is 0 Å². The van der Waals surface area contributed by atoms with Gasteiger partial charge in [0.2, 0.25) is 5.88 Å². The van der Waals surface area contributed by atoms with E-state index in [2.05, 4.69) is 15.1 Å². The molecule has 7 heteroatoms. The van der Waals surface area contributed by atoms with Crippen LogP contribution in [0, 0.1) is 0 Å². The fourth-order valence-electron chi connectivity index (χ4n) is 3.32. The highest BCUT2D eigenvalue weighted by Crippen LogP contribution is 2.22. The van der Waals surface area contributed by atoms with Gasteiger partial charge in [0.05, 0.1) is 12.2 Å². The number of hydrogen-bond donors (Lipinski definition) is 0. The zero-order valence-electron chi connectivity index (χ0n) is 15.2. The highest BCUT2D eigenvalue weighted by Gasteiger charge is 2.28. The Morgan fingerprint density at radius 2 is 2.07 bits per heavy atom. The van der Waals surface area contributed by atoms with Gasteiger partial charge < -0.3 is 9.64 Å². The van der Waals surface area contributed by atoms with E-state index in [-0.39, 0.29) is 12.0 Å². The maximum atomic E-state index is 13.0. The summed E-state index contributed by atoms with van der Waals surface area (Å²) in [4.78, 5) is 22.9. The summed E-state index contributed by atoms with van der Waals surface area (Å²) in [5.74, 6) is 0.513. The Bertz CT molecular complexity index is 911. The Balaban J connectivity index is 1.48. The van der Waals surface area contributed by atoms with Crippen molar-refractivity contribution >= 4 is 5.91 Å². The number of aryl methyl sites for hydroxylation is 1. The average Bonchev–Trinajstić information content (AvgIpc) is 3.11. The third-order valence-corrected chi connectivity index (χ3v) is 4.68. The number of aromatic nitrogens is 4. The summed E-state index contributed by atoms with van der Waals surface area (Å²) in [5, 5.41) is 4.50. The largest absolute Gasteiger partial charge is 0.472 e. The normalized spacial score (nSPS) is 16.9. The van der Waals surface area contributed by atoms with E-state index >= 15 is 0 Å². The first-order chi connectivity index (χ1) is 13.2. The van der Waals surface area contributed by atoms with Gasteiger partial charge in [-0.3, -0.25) is 9.48 Å². The molecule has 0 N–H and O–H groups in total. The van der Waals surface area contributed by atoms with Crippen LogP contribution in [-0.2, 0) is 7.05 Å². The monoisotopic (exact) mass is 363 g/mol. The van der Waals surface area contributed by atoms with Crippen molar-refractivity contribution in [2.45, 2.75) is 18.9 Å². The summed E-state index contributed by atoms with van der Waals surface area (Å²) in [6.07, 6.45) is 4.83. The molecule has 2 aromatic heterocycles. The Hall–Kier alpha value is -3.22. The van der Waals surface area contributed by atoms with Gasteiger partial charge in [-0.1, -0.05) is 30.3 Å². The van der Waals surface area contributed by atoms with Crippen LogP contribution in [0.4, 0.5) is 0 Å². The molecule has 1 saturated heterocycles. The Kier molecular flexibility index (Phi) is 4.82. The summed E-state index contributed by atoms with van der Waals surface area (Å²) in [6.45, 7) is 1.25. The number of ether oxygens (including phenoxy) is 1. The minimum atomic E-state index is -0.0700. The predicted molar refractivity (Wildman–Crippen MR) is 100 cm³/mol. The number of benzene rings is 1. The van der Waals surface area contributed by atoms with E-state index in [1.54, 1.807) is 24.0 Å². The van der Waals surface area contributed by atoms with Gasteiger partial charge in [0, 0.05) is 31.4 Å². The minimum Gasteiger partial charge on any atom is -0.472 e. The topological polar surface area (TPSA) is 73.1 Å². The third-order valence-electron chi connectivity index (χ3n) is 4.68. The first-order valence-electron chi connectivity index (χ1n) is 9.02. The van der Waals surface area contributed by atoms with Crippen LogP contribution in [0.1, 0.15) is 23.3 Å². The van der Waals surface area contributed by atoms with Crippen LogP contribution in [0.5, 0.6) is 5.88 Å². The zero-order chi connectivity index (χ0) is 18.6. The number of hydrogen-bond acceptors (Lipinski definition) is 5. The second kappa shape index (κ2) is 7.57. The van der Waals surface area contributed by atoms with Crippen LogP contribution < -0.4 is 4.74 Å². The molecule has 0 spiro atoms. The van der Waals surface area contributed by atoms with Gasteiger partial charge in [-0.05, 0) is 18.9 Å². The highest BCUT2D eigenvalue weighted by atomic mass is 16.5. The quantitative estimate of drug-likeness (QED) is 0.712. The van der Waals surface area contributed by atoms with Crippen LogP contribution >= 0.6 is 0 Å². The maximum Gasteiger partial charge on any atom is 0.272 e. The molecule has 0 bridgehead atoms. The van der Waals surface area contributed by atoms with Crippen LogP contribution in [0.25, 0.3) is 11.3 Å². The molecule has 1 unspecified atom stereocenters. The molecule has 138 valence electrons. The second-order valence-electron chi connectivity index (χ2n) is 6.59. The van der Waals surface area contributed by atoms with Gasteiger partial charge in [0.1, 0.15) is 18.1 Å².